The quantitative estimate of drug-likeness (QED) is 0.802. The highest BCUT2D eigenvalue weighted by Crippen LogP contribution is 2.23. The first-order valence-electron chi connectivity index (χ1n) is 5.10. The highest BCUT2D eigenvalue weighted by Gasteiger charge is 2.19. The Balaban J connectivity index is 2.42. The minimum absolute atomic E-state index is 0.217. The van der Waals surface area contributed by atoms with E-state index in [1.165, 1.54) is 24.3 Å². The Labute approximate surface area is 101 Å². The van der Waals surface area contributed by atoms with Gasteiger partial charge in [-0.1, -0.05) is 12.2 Å². The van der Waals surface area contributed by atoms with Crippen molar-refractivity contribution in [1.82, 2.24) is 0 Å². The third kappa shape index (κ3) is 2.29. The summed E-state index contributed by atoms with van der Waals surface area (Å²) < 4.78 is 24.3. The number of rotatable bonds is 2. The van der Waals surface area contributed by atoms with Crippen LogP contribution in [0, 0.1) is 17.8 Å². The predicted octanol–water partition coefficient (Wildman–Crippen LogP) is 2.38. The fourth-order valence-electron chi connectivity index (χ4n) is 1.54. The van der Waals surface area contributed by atoms with Crippen LogP contribution in [-0.4, -0.2) is 8.42 Å². The number of allylic oxidation sites excluding steroid dienone is 3. The van der Waals surface area contributed by atoms with Crippen LogP contribution < -0.4 is 0 Å². The monoisotopic (exact) mass is 244 g/mol. The molecule has 0 unspecified atom stereocenters. The molecule has 0 aromatic heterocycles. The summed E-state index contributed by atoms with van der Waals surface area (Å²) in [6, 6.07) is 7.89. The zero-order valence-electron chi connectivity index (χ0n) is 9.00. The van der Waals surface area contributed by atoms with Crippen molar-refractivity contribution in [3.8, 4) is 6.07 Å². The van der Waals surface area contributed by atoms with Gasteiger partial charge in [0.1, 0.15) is 0 Å². The topological polar surface area (TPSA) is 57.9 Å². The van der Waals surface area contributed by atoms with E-state index in [-0.39, 0.29) is 4.90 Å². The van der Waals surface area contributed by atoms with Crippen molar-refractivity contribution in [1.29, 1.82) is 5.26 Å². The first-order chi connectivity index (χ1) is 8.14. The van der Waals surface area contributed by atoms with Crippen molar-refractivity contribution < 1.29 is 8.42 Å². The average Bonchev–Trinajstić information content (AvgIpc) is 2.40. The lowest BCUT2D eigenvalue weighted by molar-refractivity contribution is 0.602. The summed E-state index contributed by atoms with van der Waals surface area (Å²) >= 11 is 0. The van der Waals surface area contributed by atoms with Crippen molar-refractivity contribution in [2.75, 3.05) is 0 Å². The van der Waals surface area contributed by atoms with Gasteiger partial charge in [0.2, 0.25) is 9.84 Å². The third-order valence-electron chi connectivity index (χ3n) is 2.46. The maximum atomic E-state index is 12.2. The molecule has 1 aromatic rings. The van der Waals surface area contributed by atoms with Gasteiger partial charge in [0.05, 0.1) is 21.4 Å². The van der Waals surface area contributed by atoms with E-state index in [4.69, 9.17) is 5.26 Å². The maximum Gasteiger partial charge on any atom is 0.206 e. The fraction of sp³-hybridized carbons (Fsp3) is 0.0769. The summed E-state index contributed by atoms with van der Waals surface area (Å²) in [4.78, 5) is 0.527. The molecule has 1 aliphatic rings. The van der Waals surface area contributed by atoms with Crippen LogP contribution in [0.25, 0.3) is 0 Å². The standard InChI is InChI=1S/C13H10NO2S/c14-10-11-6-8-13(9-7-11)17(15,16)12-4-2-1-3-5-12/h1-2,4-9H,3H2. The van der Waals surface area contributed by atoms with Crippen LogP contribution in [0.1, 0.15) is 12.0 Å². The molecule has 0 saturated carbocycles. The molecular weight excluding hydrogens is 234 g/mol. The molecule has 4 heteroatoms. The van der Waals surface area contributed by atoms with Gasteiger partial charge < -0.3 is 0 Å². The van der Waals surface area contributed by atoms with Crippen LogP contribution in [0.4, 0.5) is 0 Å². The van der Waals surface area contributed by atoms with Gasteiger partial charge in [-0.15, -0.1) is 0 Å². The van der Waals surface area contributed by atoms with Crippen molar-refractivity contribution >= 4 is 9.84 Å². The minimum atomic E-state index is -3.44. The summed E-state index contributed by atoms with van der Waals surface area (Å²) in [5.74, 6) is 0. The summed E-state index contributed by atoms with van der Waals surface area (Å²) in [5.41, 5.74) is 0.449. The fourth-order valence-corrected chi connectivity index (χ4v) is 2.88. The van der Waals surface area contributed by atoms with E-state index in [0.29, 0.717) is 16.9 Å². The molecule has 2 rings (SSSR count). The molecule has 1 aliphatic carbocycles. The van der Waals surface area contributed by atoms with Crippen molar-refractivity contribution in [3.05, 3.63) is 59.4 Å². The van der Waals surface area contributed by atoms with Crippen LogP contribution in [0.5, 0.6) is 0 Å². The Morgan fingerprint density at radius 1 is 1.18 bits per heavy atom. The molecule has 0 spiro atoms. The van der Waals surface area contributed by atoms with Gasteiger partial charge in [-0.05, 0) is 43.2 Å². The Morgan fingerprint density at radius 2 is 1.88 bits per heavy atom. The first-order valence-corrected chi connectivity index (χ1v) is 6.58. The van der Waals surface area contributed by atoms with E-state index in [2.05, 4.69) is 0 Å². The molecule has 0 heterocycles. The summed E-state index contributed by atoms with van der Waals surface area (Å²) in [7, 11) is -3.44. The second-order valence-electron chi connectivity index (χ2n) is 3.58. The van der Waals surface area contributed by atoms with Crippen LogP contribution in [0.2, 0.25) is 0 Å². The van der Waals surface area contributed by atoms with Crippen molar-refractivity contribution in [2.45, 2.75) is 11.3 Å². The number of sulfone groups is 1. The van der Waals surface area contributed by atoms with E-state index in [1.807, 2.05) is 12.5 Å². The Morgan fingerprint density at radius 3 is 2.41 bits per heavy atom. The van der Waals surface area contributed by atoms with Crippen LogP contribution in [-0.2, 0) is 9.84 Å². The zero-order chi connectivity index (χ0) is 12.3. The van der Waals surface area contributed by atoms with Crippen molar-refractivity contribution in [3.63, 3.8) is 0 Å². The largest absolute Gasteiger partial charge is 0.219 e. The minimum Gasteiger partial charge on any atom is -0.219 e. The molecule has 85 valence electrons. The zero-order valence-corrected chi connectivity index (χ0v) is 9.81. The molecule has 1 aromatic carbocycles. The number of hydrogen-bond donors (Lipinski definition) is 0. The lowest BCUT2D eigenvalue weighted by Crippen LogP contribution is -2.04. The number of nitriles is 1. The Kier molecular flexibility index (Phi) is 3.12. The number of nitrogens with zero attached hydrogens (tertiary/aromatic N) is 1. The number of hydrogen-bond acceptors (Lipinski definition) is 3. The van der Waals surface area contributed by atoms with Crippen molar-refractivity contribution in [2.24, 2.45) is 0 Å². The van der Waals surface area contributed by atoms with E-state index < -0.39 is 9.84 Å². The van der Waals surface area contributed by atoms with E-state index in [1.54, 1.807) is 18.2 Å². The molecule has 3 nitrogen and oxygen atoms in total. The predicted molar refractivity (Wildman–Crippen MR) is 64.5 cm³/mol. The molecule has 0 saturated heterocycles. The van der Waals surface area contributed by atoms with Gasteiger partial charge in [-0.25, -0.2) is 8.42 Å². The summed E-state index contributed by atoms with van der Waals surface area (Å²) in [6.07, 6.45) is 7.50. The van der Waals surface area contributed by atoms with Gasteiger partial charge in [-0.2, -0.15) is 5.26 Å². The highest BCUT2D eigenvalue weighted by molar-refractivity contribution is 7.95. The van der Waals surface area contributed by atoms with E-state index in [0.717, 1.165) is 0 Å². The van der Waals surface area contributed by atoms with Gasteiger partial charge in [0.15, 0.2) is 0 Å². The summed E-state index contributed by atoms with van der Waals surface area (Å²) in [5, 5.41) is 8.65. The van der Waals surface area contributed by atoms with Crippen LogP contribution in [0.15, 0.2) is 52.3 Å². The van der Waals surface area contributed by atoms with E-state index in [9.17, 15) is 8.42 Å². The second kappa shape index (κ2) is 4.56. The lowest BCUT2D eigenvalue weighted by Gasteiger charge is -2.08. The lowest BCUT2D eigenvalue weighted by atomic mass is 10.2. The molecule has 0 fully saturated rings. The smallest absolute Gasteiger partial charge is 0.206 e. The molecule has 17 heavy (non-hydrogen) atoms. The normalized spacial score (nSPS) is 15.1. The van der Waals surface area contributed by atoms with E-state index >= 15 is 0 Å². The maximum absolute atomic E-state index is 12.2. The molecule has 0 N–H and O–H groups in total. The average molecular weight is 244 g/mol. The SMILES string of the molecule is N#Cc1ccc(S(=O)(=O)C2=CC[CH]C=C2)cc1. The van der Waals surface area contributed by atoms with Gasteiger partial charge in [0.25, 0.3) is 0 Å². The molecule has 1 radical (unpaired) electrons. The molecule has 0 bridgehead atoms. The number of benzene rings is 1. The molecular formula is C13H10NO2S. The molecule has 0 amide bonds. The van der Waals surface area contributed by atoms with Gasteiger partial charge >= 0.3 is 0 Å². The highest BCUT2D eigenvalue weighted by atomic mass is 32.2. The Bertz CT molecular complexity index is 616. The third-order valence-corrected chi connectivity index (χ3v) is 4.27. The Hall–Kier alpha value is -1.86. The molecule has 0 aliphatic heterocycles. The second-order valence-corrected chi connectivity index (χ2v) is 5.53. The first kappa shape index (κ1) is 11.6. The van der Waals surface area contributed by atoms with Crippen LogP contribution >= 0.6 is 0 Å². The molecule has 0 atom stereocenters. The van der Waals surface area contributed by atoms with Gasteiger partial charge in [-0.3, -0.25) is 0 Å². The van der Waals surface area contributed by atoms with Crippen LogP contribution in [0.3, 0.4) is 0 Å². The van der Waals surface area contributed by atoms with Gasteiger partial charge in [0, 0.05) is 0 Å². The summed E-state index contributed by atoms with van der Waals surface area (Å²) in [6.45, 7) is 0.